The second-order valence-corrected chi connectivity index (χ2v) is 7.06. The van der Waals surface area contributed by atoms with Gasteiger partial charge in [0.1, 0.15) is 0 Å². The first-order valence-corrected chi connectivity index (χ1v) is 8.02. The SMILES string of the molecule is CCC(C)(C)C(=O)Nc1ccc(S(=O)(=O)NC(C)=O)cc1. The number of hydrogen-bond acceptors (Lipinski definition) is 4. The average Bonchev–Trinajstić information content (AvgIpc) is 2.37. The molecule has 1 aromatic rings. The molecule has 1 aromatic carbocycles. The summed E-state index contributed by atoms with van der Waals surface area (Å²) in [5, 5.41) is 2.73. The van der Waals surface area contributed by atoms with Gasteiger partial charge in [-0.15, -0.1) is 0 Å². The molecule has 0 fully saturated rings. The van der Waals surface area contributed by atoms with Crippen LogP contribution in [0.3, 0.4) is 0 Å². The van der Waals surface area contributed by atoms with Crippen molar-refractivity contribution in [1.29, 1.82) is 0 Å². The molecule has 0 bridgehead atoms. The Balaban J connectivity index is 2.89. The molecule has 0 atom stereocenters. The Bertz CT molecular complexity index is 633. The highest BCUT2D eigenvalue weighted by Crippen LogP contribution is 2.22. The fourth-order valence-corrected chi connectivity index (χ4v) is 2.42. The Kier molecular flexibility index (Phi) is 5.11. The minimum atomic E-state index is -3.85. The molecular formula is C14H20N2O4S. The number of nitrogens with one attached hydrogen (secondary N) is 2. The topological polar surface area (TPSA) is 92.3 Å². The molecule has 0 heterocycles. The van der Waals surface area contributed by atoms with Crippen molar-refractivity contribution in [3.63, 3.8) is 0 Å². The average molecular weight is 312 g/mol. The van der Waals surface area contributed by atoms with Crippen LogP contribution in [-0.4, -0.2) is 20.2 Å². The lowest BCUT2D eigenvalue weighted by Crippen LogP contribution is -2.30. The van der Waals surface area contributed by atoms with Crippen molar-refractivity contribution in [3.05, 3.63) is 24.3 Å². The van der Waals surface area contributed by atoms with Gasteiger partial charge in [-0.1, -0.05) is 20.8 Å². The summed E-state index contributed by atoms with van der Waals surface area (Å²) in [4.78, 5) is 22.8. The molecular weight excluding hydrogens is 292 g/mol. The van der Waals surface area contributed by atoms with Crippen LogP contribution in [0.2, 0.25) is 0 Å². The van der Waals surface area contributed by atoms with E-state index < -0.39 is 21.3 Å². The van der Waals surface area contributed by atoms with Gasteiger partial charge >= 0.3 is 0 Å². The van der Waals surface area contributed by atoms with Crippen molar-refractivity contribution in [3.8, 4) is 0 Å². The maximum atomic E-state index is 12.0. The van der Waals surface area contributed by atoms with Crippen LogP contribution in [-0.2, 0) is 19.6 Å². The van der Waals surface area contributed by atoms with Crippen molar-refractivity contribution >= 4 is 27.5 Å². The summed E-state index contributed by atoms with van der Waals surface area (Å²) in [6.45, 7) is 6.71. The summed E-state index contributed by atoms with van der Waals surface area (Å²) >= 11 is 0. The molecule has 6 nitrogen and oxygen atoms in total. The van der Waals surface area contributed by atoms with Crippen molar-refractivity contribution in [2.75, 3.05) is 5.32 Å². The normalized spacial score (nSPS) is 11.8. The predicted molar refractivity (Wildman–Crippen MR) is 80.1 cm³/mol. The Morgan fingerprint density at radius 1 is 1.14 bits per heavy atom. The summed E-state index contributed by atoms with van der Waals surface area (Å²) in [7, 11) is -3.85. The van der Waals surface area contributed by atoms with Crippen LogP contribution in [0.15, 0.2) is 29.2 Å². The molecule has 0 saturated carbocycles. The number of rotatable bonds is 5. The minimum absolute atomic E-state index is 0.0366. The molecule has 0 aliphatic heterocycles. The monoisotopic (exact) mass is 312 g/mol. The van der Waals surface area contributed by atoms with Crippen molar-refractivity contribution in [2.24, 2.45) is 5.41 Å². The van der Waals surface area contributed by atoms with E-state index in [4.69, 9.17) is 0 Å². The highest BCUT2D eigenvalue weighted by atomic mass is 32.2. The molecule has 0 saturated heterocycles. The van der Waals surface area contributed by atoms with Crippen LogP contribution in [0.4, 0.5) is 5.69 Å². The van der Waals surface area contributed by atoms with Crippen molar-refractivity contribution in [1.82, 2.24) is 4.72 Å². The molecule has 0 unspecified atom stereocenters. The molecule has 116 valence electrons. The Morgan fingerprint density at radius 3 is 2.10 bits per heavy atom. The van der Waals surface area contributed by atoms with Crippen LogP contribution < -0.4 is 10.0 Å². The largest absolute Gasteiger partial charge is 0.326 e. The van der Waals surface area contributed by atoms with E-state index in [0.29, 0.717) is 12.1 Å². The van der Waals surface area contributed by atoms with E-state index in [9.17, 15) is 18.0 Å². The van der Waals surface area contributed by atoms with E-state index >= 15 is 0 Å². The molecule has 21 heavy (non-hydrogen) atoms. The number of carbonyl (C=O) groups excluding carboxylic acids is 2. The molecule has 0 aromatic heterocycles. The van der Waals surface area contributed by atoms with Crippen LogP contribution in [0, 0.1) is 5.41 Å². The summed E-state index contributed by atoms with van der Waals surface area (Å²) in [6.07, 6.45) is 0.688. The van der Waals surface area contributed by atoms with E-state index in [1.54, 1.807) is 0 Å². The number of sulfonamides is 1. The number of anilines is 1. The van der Waals surface area contributed by atoms with Gasteiger partial charge < -0.3 is 5.32 Å². The van der Waals surface area contributed by atoms with Gasteiger partial charge in [0.05, 0.1) is 4.90 Å². The van der Waals surface area contributed by atoms with E-state index in [0.717, 1.165) is 6.92 Å². The Hall–Kier alpha value is -1.89. The van der Waals surface area contributed by atoms with Crippen LogP contribution in [0.1, 0.15) is 34.1 Å². The molecule has 0 aliphatic carbocycles. The second kappa shape index (κ2) is 6.26. The van der Waals surface area contributed by atoms with Gasteiger partial charge in [-0.25, -0.2) is 13.1 Å². The first kappa shape index (κ1) is 17.2. The van der Waals surface area contributed by atoms with Gasteiger partial charge in [-0.05, 0) is 30.7 Å². The molecule has 0 radical (unpaired) electrons. The summed E-state index contributed by atoms with van der Waals surface area (Å²) < 4.78 is 25.4. The summed E-state index contributed by atoms with van der Waals surface area (Å²) in [5.74, 6) is -0.792. The molecule has 0 aliphatic rings. The molecule has 0 spiro atoms. The first-order valence-electron chi connectivity index (χ1n) is 6.53. The fourth-order valence-electron chi connectivity index (χ4n) is 1.43. The number of benzene rings is 1. The van der Waals surface area contributed by atoms with E-state index in [1.807, 2.05) is 25.5 Å². The standard InChI is InChI=1S/C14H20N2O4S/c1-5-14(3,4)13(18)15-11-6-8-12(9-7-11)21(19,20)16-10(2)17/h6-9H,5H2,1-4H3,(H,15,18)(H,16,17). The summed E-state index contributed by atoms with van der Waals surface area (Å²) in [6, 6.07) is 5.64. The highest BCUT2D eigenvalue weighted by Gasteiger charge is 2.25. The van der Waals surface area contributed by atoms with Crippen LogP contribution >= 0.6 is 0 Å². The summed E-state index contributed by atoms with van der Waals surface area (Å²) in [5.41, 5.74) is 0.00398. The number of hydrogen-bond donors (Lipinski definition) is 2. The fraction of sp³-hybridized carbons (Fsp3) is 0.429. The lowest BCUT2D eigenvalue weighted by Gasteiger charge is -2.21. The van der Waals surface area contributed by atoms with Crippen molar-refractivity contribution in [2.45, 2.75) is 39.0 Å². The lowest BCUT2D eigenvalue weighted by molar-refractivity contribution is -0.124. The van der Waals surface area contributed by atoms with E-state index in [2.05, 4.69) is 5.32 Å². The number of amides is 2. The zero-order valence-electron chi connectivity index (χ0n) is 12.6. The highest BCUT2D eigenvalue weighted by molar-refractivity contribution is 7.90. The van der Waals surface area contributed by atoms with Crippen LogP contribution in [0.25, 0.3) is 0 Å². The zero-order chi connectivity index (χ0) is 16.3. The Morgan fingerprint density at radius 2 is 1.67 bits per heavy atom. The van der Waals surface area contributed by atoms with Crippen LogP contribution in [0.5, 0.6) is 0 Å². The Labute approximate surface area is 125 Å². The third kappa shape index (κ3) is 4.56. The smallest absolute Gasteiger partial charge is 0.264 e. The van der Waals surface area contributed by atoms with Gasteiger partial charge in [-0.3, -0.25) is 9.59 Å². The van der Waals surface area contributed by atoms with E-state index in [1.165, 1.54) is 24.3 Å². The molecule has 2 N–H and O–H groups in total. The van der Waals surface area contributed by atoms with E-state index in [-0.39, 0.29) is 10.8 Å². The van der Waals surface area contributed by atoms with Gasteiger partial charge in [0, 0.05) is 18.0 Å². The van der Waals surface area contributed by atoms with Gasteiger partial charge in [-0.2, -0.15) is 0 Å². The quantitative estimate of drug-likeness (QED) is 0.868. The van der Waals surface area contributed by atoms with Gasteiger partial charge in [0.2, 0.25) is 11.8 Å². The lowest BCUT2D eigenvalue weighted by atomic mass is 9.89. The van der Waals surface area contributed by atoms with Gasteiger partial charge in [0.15, 0.2) is 0 Å². The second-order valence-electron chi connectivity index (χ2n) is 5.38. The third-order valence-corrected chi connectivity index (χ3v) is 4.65. The zero-order valence-corrected chi connectivity index (χ0v) is 13.4. The maximum absolute atomic E-state index is 12.0. The maximum Gasteiger partial charge on any atom is 0.264 e. The minimum Gasteiger partial charge on any atom is -0.326 e. The molecule has 1 rings (SSSR count). The van der Waals surface area contributed by atoms with Crippen molar-refractivity contribution < 1.29 is 18.0 Å². The molecule has 7 heteroatoms. The third-order valence-electron chi connectivity index (χ3n) is 3.20. The predicted octanol–water partition coefficient (Wildman–Crippen LogP) is 1.89. The van der Waals surface area contributed by atoms with Gasteiger partial charge in [0.25, 0.3) is 10.0 Å². The molecule has 2 amide bonds. The number of carbonyl (C=O) groups is 2. The first-order chi connectivity index (χ1) is 9.58.